The van der Waals surface area contributed by atoms with Gasteiger partial charge in [0.05, 0.1) is 44.5 Å². The second kappa shape index (κ2) is 14.5. The Morgan fingerprint density at radius 2 is 0.828 bits per heavy atom. The number of benzene rings is 10. The first-order valence-electron chi connectivity index (χ1n) is 21.8. The second-order valence-corrected chi connectivity index (χ2v) is 16.5. The highest BCUT2D eigenvalue weighted by Gasteiger charge is 2.22. The van der Waals surface area contributed by atoms with Crippen LogP contribution in [0.15, 0.2) is 231 Å². The van der Waals surface area contributed by atoms with E-state index in [1.54, 1.807) is 0 Å². The Hall–Kier alpha value is -8.60. The molecule has 13 rings (SSSR count). The van der Waals surface area contributed by atoms with Crippen LogP contribution in [0.1, 0.15) is 0 Å². The van der Waals surface area contributed by atoms with Crippen molar-refractivity contribution < 1.29 is 0 Å². The van der Waals surface area contributed by atoms with E-state index in [0.717, 1.165) is 67.0 Å². The van der Waals surface area contributed by atoms with Gasteiger partial charge >= 0.3 is 0 Å². The standard InChI is InChI=1S/C60H38N4/c1-5-18-39(19-6-1)42-24-17-25-43(34-42)60-59(41-22-9-3-10-23-41)61-52-33-32-45(35-53(52)62-60)64-54-31-16-15-29-47(54)50-36-51-56(38-55(50)64)63(44-26-11-4-12-27-44)57-37-49(40-20-7-2-8-21-40)46-28-13-14-30-48(46)58(51)57/h1-38H. The predicted octanol–water partition coefficient (Wildman–Crippen LogP) is 15.6. The van der Waals surface area contributed by atoms with E-state index in [2.05, 4.69) is 234 Å². The van der Waals surface area contributed by atoms with Gasteiger partial charge in [-0.3, -0.25) is 0 Å². The second-order valence-electron chi connectivity index (χ2n) is 16.5. The predicted molar refractivity (Wildman–Crippen MR) is 267 cm³/mol. The maximum absolute atomic E-state index is 5.50. The molecule has 0 atom stereocenters. The SMILES string of the molecule is c1ccc(-c2cccc(-c3nc4cc(-n5c6ccccc6c6cc7c8c9ccccc9c(-c9ccccc9)cc8n(-c8ccccc8)c7cc65)ccc4nc3-c3ccccc3)c2)cc1. The van der Waals surface area contributed by atoms with Crippen LogP contribution in [0.2, 0.25) is 0 Å². The molecule has 10 aromatic carbocycles. The molecule has 64 heavy (non-hydrogen) atoms. The first-order chi connectivity index (χ1) is 31.7. The van der Waals surface area contributed by atoms with Gasteiger partial charge in [0, 0.05) is 44.0 Å². The van der Waals surface area contributed by atoms with Gasteiger partial charge < -0.3 is 9.13 Å². The average molecular weight is 815 g/mol. The Kier molecular flexibility index (Phi) is 8.18. The van der Waals surface area contributed by atoms with Crippen molar-refractivity contribution in [3.63, 3.8) is 0 Å². The number of para-hydroxylation sites is 2. The zero-order chi connectivity index (χ0) is 42.1. The summed E-state index contributed by atoms with van der Waals surface area (Å²) in [7, 11) is 0. The third-order valence-corrected chi connectivity index (χ3v) is 12.9. The van der Waals surface area contributed by atoms with E-state index in [9.17, 15) is 0 Å². The van der Waals surface area contributed by atoms with Gasteiger partial charge in [-0.05, 0) is 93.7 Å². The quantitative estimate of drug-likeness (QED) is 0.168. The highest BCUT2D eigenvalue weighted by atomic mass is 15.0. The van der Waals surface area contributed by atoms with E-state index in [4.69, 9.17) is 9.97 Å². The largest absolute Gasteiger partial charge is 0.309 e. The summed E-state index contributed by atoms with van der Waals surface area (Å²) in [6, 6.07) is 82.6. The van der Waals surface area contributed by atoms with E-state index in [1.807, 2.05) is 6.07 Å². The molecule has 0 saturated carbocycles. The first-order valence-corrected chi connectivity index (χ1v) is 21.8. The summed E-state index contributed by atoms with van der Waals surface area (Å²) in [6.07, 6.45) is 0. The molecule has 0 bridgehead atoms. The summed E-state index contributed by atoms with van der Waals surface area (Å²) in [4.78, 5) is 10.9. The highest BCUT2D eigenvalue weighted by Crippen LogP contribution is 2.45. The molecule has 0 unspecified atom stereocenters. The molecule has 13 aromatic rings. The van der Waals surface area contributed by atoms with Crippen LogP contribution in [-0.4, -0.2) is 19.1 Å². The van der Waals surface area contributed by atoms with Crippen molar-refractivity contribution in [3.05, 3.63) is 231 Å². The van der Waals surface area contributed by atoms with Crippen LogP contribution in [0.25, 0.3) is 122 Å². The van der Waals surface area contributed by atoms with Crippen LogP contribution in [0.4, 0.5) is 0 Å². The number of nitrogens with zero attached hydrogens (tertiary/aromatic N) is 4. The number of hydrogen-bond acceptors (Lipinski definition) is 2. The number of fused-ring (bicyclic) bond motifs is 9. The molecule has 0 fully saturated rings. The third-order valence-electron chi connectivity index (χ3n) is 12.9. The van der Waals surface area contributed by atoms with Gasteiger partial charge in [-0.2, -0.15) is 0 Å². The van der Waals surface area contributed by atoms with E-state index in [-0.39, 0.29) is 0 Å². The molecule has 3 aromatic heterocycles. The van der Waals surface area contributed by atoms with Crippen LogP contribution < -0.4 is 0 Å². The lowest BCUT2D eigenvalue weighted by Crippen LogP contribution is -1.99. The first kappa shape index (κ1) is 36.1. The molecule has 4 heteroatoms. The van der Waals surface area contributed by atoms with Crippen molar-refractivity contribution in [2.24, 2.45) is 0 Å². The molecular weight excluding hydrogens is 777 g/mol. The van der Waals surface area contributed by atoms with Crippen molar-refractivity contribution in [3.8, 4) is 56.1 Å². The van der Waals surface area contributed by atoms with Crippen molar-refractivity contribution in [1.82, 2.24) is 19.1 Å². The van der Waals surface area contributed by atoms with Gasteiger partial charge in [-0.1, -0.05) is 170 Å². The Balaban J connectivity index is 1.08. The summed E-state index contributed by atoms with van der Waals surface area (Å²) in [5.41, 5.74) is 16.9. The summed E-state index contributed by atoms with van der Waals surface area (Å²) < 4.78 is 4.87. The maximum atomic E-state index is 5.50. The Morgan fingerprint density at radius 1 is 0.266 bits per heavy atom. The van der Waals surface area contributed by atoms with E-state index in [1.165, 1.54) is 54.5 Å². The van der Waals surface area contributed by atoms with Crippen LogP contribution in [0.3, 0.4) is 0 Å². The van der Waals surface area contributed by atoms with Gasteiger partial charge in [0.15, 0.2) is 0 Å². The lowest BCUT2D eigenvalue weighted by Gasteiger charge is -2.14. The average Bonchev–Trinajstić information content (AvgIpc) is 3.87. The maximum Gasteiger partial charge on any atom is 0.0973 e. The Bertz CT molecular complexity index is 3930. The number of aromatic nitrogens is 4. The van der Waals surface area contributed by atoms with Crippen LogP contribution in [-0.2, 0) is 0 Å². The highest BCUT2D eigenvalue weighted by molar-refractivity contribution is 6.27. The van der Waals surface area contributed by atoms with Crippen molar-refractivity contribution in [2.75, 3.05) is 0 Å². The Morgan fingerprint density at radius 3 is 1.59 bits per heavy atom. The lowest BCUT2D eigenvalue weighted by atomic mass is 9.94. The summed E-state index contributed by atoms with van der Waals surface area (Å²) >= 11 is 0. The summed E-state index contributed by atoms with van der Waals surface area (Å²) in [5.74, 6) is 0. The minimum atomic E-state index is 0.836. The molecule has 0 N–H and O–H groups in total. The molecule has 0 radical (unpaired) electrons. The van der Waals surface area contributed by atoms with Gasteiger partial charge in [0.2, 0.25) is 0 Å². The van der Waals surface area contributed by atoms with Crippen molar-refractivity contribution in [2.45, 2.75) is 0 Å². The molecule has 3 heterocycles. The smallest absolute Gasteiger partial charge is 0.0973 e. The van der Waals surface area contributed by atoms with Crippen LogP contribution in [0.5, 0.6) is 0 Å². The van der Waals surface area contributed by atoms with Crippen molar-refractivity contribution in [1.29, 1.82) is 0 Å². The number of rotatable bonds is 6. The Labute approximate surface area is 369 Å². The molecule has 0 aliphatic heterocycles. The molecule has 0 aliphatic rings. The number of hydrogen-bond donors (Lipinski definition) is 0. The molecule has 0 amide bonds. The molecular formula is C60H38N4. The van der Waals surface area contributed by atoms with Gasteiger partial charge in [-0.15, -0.1) is 0 Å². The zero-order valence-electron chi connectivity index (χ0n) is 34.7. The van der Waals surface area contributed by atoms with Crippen molar-refractivity contribution >= 4 is 65.4 Å². The summed E-state index contributed by atoms with van der Waals surface area (Å²) in [5, 5.41) is 7.38. The van der Waals surface area contributed by atoms with E-state index >= 15 is 0 Å². The van der Waals surface area contributed by atoms with Gasteiger partial charge in [0.1, 0.15) is 0 Å². The van der Waals surface area contributed by atoms with E-state index in [0.29, 0.717) is 0 Å². The molecule has 298 valence electrons. The van der Waals surface area contributed by atoms with Crippen LogP contribution >= 0.6 is 0 Å². The monoisotopic (exact) mass is 814 g/mol. The summed E-state index contributed by atoms with van der Waals surface area (Å²) in [6.45, 7) is 0. The molecule has 0 spiro atoms. The minimum absolute atomic E-state index is 0.836. The zero-order valence-corrected chi connectivity index (χ0v) is 34.7. The van der Waals surface area contributed by atoms with E-state index < -0.39 is 0 Å². The minimum Gasteiger partial charge on any atom is -0.309 e. The molecule has 0 saturated heterocycles. The normalized spacial score (nSPS) is 11.8. The van der Waals surface area contributed by atoms with Gasteiger partial charge in [0.25, 0.3) is 0 Å². The van der Waals surface area contributed by atoms with Gasteiger partial charge in [-0.25, -0.2) is 9.97 Å². The van der Waals surface area contributed by atoms with Crippen LogP contribution in [0, 0.1) is 0 Å². The third kappa shape index (κ3) is 5.70. The molecule has 4 nitrogen and oxygen atoms in total. The lowest BCUT2D eigenvalue weighted by molar-refractivity contribution is 1.16. The molecule has 0 aliphatic carbocycles. The fourth-order valence-electron chi connectivity index (χ4n) is 9.99. The topological polar surface area (TPSA) is 35.6 Å². The fraction of sp³-hybridized carbons (Fsp3) is 0. The fourth-order valence-corrected chi connectivity index (χ4v) is 9.99.